The zero-order chi connectivity index (χ0) is 16.7. The molecule has 22 heavy (non-hydrogen) atoms. The number of fused-ring (bicyclic) bond motifs is 1. The minimum absolute atomic E-state index is 0.0326. The van der Waals surface area contributed by atoms with Gasteiger partial charge >= 0.3 is 12.1 Å². The molecule has 0 saturated heterocycles. The Morgan fingerprint density at radius 2 is 1.86 bits per heavy atom. The van der Waals surface area contributed by atoms with Crippen molar-refractivity contribution >= 4 is 16.9 Å². The molecule has 6 heteroatoms. The Bertz CT molecular complexity index is 701. The number of aromatic nitrogens is 1. The predicted molar refractivity (Wildman–Crippen MR) is 77.8 cm³/mol. The summed E-state index contributed by atoms with van der Waals surface area (Å²) in [6, 6.07) is 5.32. The fourth-order valence-corrected chi connectivity index (χ4v) is 2.64. The van der Waals surface area contributed by atoms with Crippen LogP contribution in [0.3, 0.4) is 0 Å². The highest BCUT2D eigenvalue weighted by atomic mass is 19.4. The molecule has 0 radical (unpaired) electrons. The van der Waals surface area contributed by atoms with Crippen LogP contribution in [0.25, 0.3) is 10.9 Å². The zero-order valence-corrected chi connectivity index (χ0v) is 12.6. The van der Waals surface area contributed by atoms with Crippen LogP contribution in [-0.2, 0) is 17.4 Å². The molecule has 0 aliphatic heterocycles. The fourth-order valence-electron chi connectivity index (χ4n) is 2.64. The van der Waals surface area contributed by atoms with E-state index in [1.54, 1.807) is 13.0 Å². The second-order valence-corrected chi connectivity index (χ2v) is 5.81. The van der Waals surface area contributed by atoms with Gasteiger partial charge in [0.1, 0.15) is 0 Å². The number of carbonyl (C=O) groups is 1. The molecule has 0 saturated carbocycles. The number of aliphatic carboxylic acids is 1. The third-order valence-electron chi connectivity index (χ3n) is 3.70. The molecule has 2 aromatic rings. The maximum absolute atomic E-state index is 12.8. The molecule has 1 aromatic heterocycles. The maximum atomic E-state index is 12.8. The topological polar surface area (TPSA) is 42.2 Å². The first-order chi connectivity index (χ1) is 10.1. The Labute approximate surface area is 126 Å². The van der Waals surface area contributed by atoms with Crippen molar-refractivity contribution in [2.75, 3.05) is 0 Å². The fraction of sp³-hybridized carbons (Fsp3) is 0.438. The summed E-state index contributed by atoms with van der Waals surface area (Å²) >= 11 is 0. The van der Waals surface area contributed by atoms with Gasteiger partial charge in [0, 0.05) is 29.1 Å². The van der Waals surface area contributed by atoms with Crippen LogP contribution in [0.5, 0.6) is 0 Å². The van der Waals surface area contributed by atoms with Gasteiger partial charge in [0.25, 0.3) is 0 Å². The zero-order valence-electron chi connectivity index (χ0n) is 12.6. The lowest BCUT2D eigenvalue weighted by molar-refractivity contribution is -0.141. The number of rotatable bonds is 4. The van der Waals surface area contributed by atoms with E-state index in [1.165, 1.54) is 6.07 Å². The van der Waals surface area contributed by atoms with Gasteiger partial charge in [0.2, 0.25) is 0 Å². The molecule has 120 valence electrons. The number of halogens is 3. The van der Waals surface area contributed by atoms with Crippen molar-refractivity contribution in [1.82, 2.24) is 4.57 Å². The Morgan fingerprint density at radius 1 is 1.23 bits per heavy atom. The van der Waals surface area contributed by atoms with Gasteiger partial charge in [-0.05, 0) is 38.1 Å². The van der Waals surface area contributed by atoms with Gasteiger partial charge in [-0.1, -0.05) is 6.92 Å². The predicted octanol–water partition coefficient (Wildman–Crippen LogP) is 4.50. The van der Waals surface area contributed by atoms with Crippen LogP contribution in [-0.4, -0.2) is 15.6 Å². The van der Waals surface area contributed by atoms with Crippen LogP contribution in [0.1, 0.15) is 38.1 Å². The molecular weight excluding hydrogens is 295 g/mol. The number of hydrogen-bond acceptors (Lipinski definition) is 1. The molecule has 2 rings (SSSR count). The second-order valence-electron chi connectivity index (χ2n) is 5.81. The van der Waals surface area contributed by atoms with Gasteiger partial charge in [-0.3, -0.25) is 4.79 Å². The minimum Gasteiger partial charge on any atom is -0.481 e. The summed E-state index contributed by atoms with van der Waals surface area (Å²) in [5, 5.41) is 9.52. The van der Waals surface area contributed by atoms with E-state index >= 15 is 0 Å². The van der Waals surface area contributed by atoms with Crippen molar-refractivity contribution < 1.29 is 23.1 Å². The van der Waals surface area contributed by atoms with Crippen LogP contribution in [0.4, 0.5) is 13.2 Å². The van der Waals surface area contributed by atoms with Crippen molar-refractivity contribution in [1.29, 1.82) is 0 Å². The average molecular weight is 313 g/mol. The van der Waals surface area contributed by atoms with Gasteiger partial charge < -0.3 is 9.67 Å². The highest BCUT2D eigenvalue weighted by molar-refractivity contribution is 5.83. The largest absolute Gasteiger partial charge is 0.481 e. The highest BCUT2D eigenvalue weighted by Gasteiger charge is 2.31. The summed E-state index contributed by atoms with van der Waals surface area (Å²) in [5.74, 6) is -1.51. The van der Waals surface area contributed by atoms with E-state index in [-0.39, 0.29) is 12.5 Å². The maximum Gasteiger partial charge on any atom is 0.416 e. The number of nitrogens with zero attached hydrogens (tertiary/aromatic N) is 1. The van der Waals surface area contributed by atoms with Crippen LogP contribution < -0.4 is 0 Å². The molecule has 1 atom stereocenters. The molecule has 0 fully saturated rings. The van der Waals surface area contributed by atoms with E-state index in [0.717, 1.165) is 17.8 Å². The molecular formula is C16H18F3NO2. The lowest BCUT2D eigenvalue weighted by Crippen LogP contribution is -2.15. The highest BCUT2D eigenvalue weighted by Crippen LogP contribution is 2.33. The molecule has 1 N–H and O–H groups in total. The molecule has 0 aliphatic carbocycles. The second kappa shape index (κ2) is 5.66. The Balaban J connectivity index is 2.56. The Kier molecular flexibility index (Phi) is 4.22. The molecule has 1 heterocycles. The van der Waals surface area contributed by atoms with Crippen LogP contribution in [0.2, 0.25) is 0 Å². The first kappa shape index (κ1) is 16.4. The molecule has 0 spiro atoms. The van der Waals surface area contributed by atoms with Gasteiger partial charge in [-0.15, -0.1) is 0 Å². The smallest absolute Gasteiger partial charge is 0.416 e. The summed E-state index contributed by atoms with van der Waals surface area (Å²) < 4.78 is 40.3. The number of carboxylic acids is 1. The van der Waals surface area contributed by atoms with Crippen LogP contribution in [0.15, 0.2) is 24.3 Å². The molecule has 0 aliphatic rings. The van der Waals surface area contributed by atoms with Crippen LogP contribution in [0, 0.1) is 5.92 Å². The van der Waals surface area contributed by atoms with E-state index in [4.69, 9.17) is 5.11 Å². The lowest BCUT2D eigenvalue weighted by Gasteiger charge is -2.16. The van der Waals surface area contributed by atoms with Gasteiger partial charge in [-0.25, -0.2) is 0 Å². The Morgan fingerprint density at radius 3 is 2.36 bits per heavy atom. The van der Waals surface area contributed by atoms with Crippen molar-refractivity contribution in [3.63, 3.8) is 0 Å². The van der Waals surface area contributed by atoms with Crippen molar-refractivity contribution in [3.05, 3.63) is 35.5 Å². The summed E-state index contributed by atoms with van der Waals surface area (Å²) in [5.41, 5.74) is 0.730. The monoisotopic (exact) mass is 313 g/mol. The average Bonchev–Trinajstić information content (AvgIpc) is 2.74. The van der Waals surface area contributed by atoms with E-state index in [0.29, 0.717) is 10.9 Å². The standard InChI is InChI=1S/C16H18F3NO2/c1-9(2)20-13(6-10(3)15(21)22)8-11-7-12(16(17,18)19)4-5-14(11)20/h4-5,7-10H,6H2,1-3H3,(H,21,22). The van der Waals surface area contributed by atoms with Gasteiger partial charge in [-0.2, -0.15) is 13.2 Å². The van der Waals surface area contributed by atoms with Crippen molar-refractivity contribution in [2.24, 2.45) is 5.92 Å². The number of hydrogen-bond donors (Lipinski definition) is 1. The van der Waals surface area contributed by atoms with E-state index < -0.39 is 23.6 Å². The summed E-state index contributed by atoms with van der Waals surface area (Å²) in [4.78, 5) is 11.0. The number of alkyl halides is 3. The van der Waals surface area contributed by atoms with Gasteiger partial charge in [0.05, 0.1) is 11.5 Å². The lowest BCUT2D eigenvalue weighted by atomic mass is 10.1. The van der Waals surface area contributed by atoms with Gasteiger partial charge in [0.15, 0.2) is 0 Å². The molecule has 0 bridgehead atoms. The Hall–Kier alpha value is -1.98. The minimum atomic E-state index is -4.39. The number of carboxylic acid groups (broad SMARTS) is 1. The summed E-state index contributed by atoms with van der Waals surface area (Å²) in [6.45, 7) is 5.43. The quantitative estimate of drug-likeness (QED) is 0.902. The molecule has 1 unspecified atom stereocenters. The third kappa shape index (κ3) is 3.10. The molecule has 3 nitrogen and oxygen atoms in total. The summed E-state index contributed by atoms with van der Waals surface area (Å²) in [7, 11) is 0. The first-order valence-electron chi connectivity index (χ1n) is 7.05. The molecule has 1 aromatic carbocycles. The SMILES string of the molecule is CC(Cc1cc2cc(C(F)(F)F)ccc2n1C(C)C)C(=O)O. The van der Waals surface area contributed by atoms with E-state index in [2.05, 4.69) is 0 Å². The number of benzene rings is 1. The van der Waals surface area contributed by atoms with E-state index in [9.17, 15) is 18.0 Å². The van der Waals surface area contributed by atoms with Crippen molar-refractivity contribution in [2.45, 2.75) is 39.4 Å². The van der Waals surface area contributed by atoms with E-state index in [1.807, 2.05) is 18.4 Å². The summed E-state index contributed by atoms with van der Waals surface area (Å²) in [6.07, 6.45) is -4.10. The van der Waals surface area contributed by atoms with Crippen molar-refractivity contribution in [3.8, 4) is 0 Å². The third-order valence-corrected chi connectivity index (χ3v) is 3.70. The first-order valence-corrected chi connectivity index (χ1v) is 7.05. The normalized spacial score (nSPS) is 13.8. The van der Waals surface area contributed by atoms with Crippen LogP contribution >= 0.6 is 0 Å². The molecule has 0 amide bonds.